The molecule has 2 aromatic rings. The second-order valence-electron chi connectivity index (χ2n) is 7.03. The largest absolute Gasteiger partial charge is 0.481 e. The fourth-order valence-electron chi connectivity index (χ4n) is 3.81. The highest BCUT2D eigenvalue weighted by molar-refractivity contribution is 5.85. The standard InChI is InChI=1S/C21H25NO3/c1-22(20(23)17-9-11-18(12-10-17)21(24)25)14-13-16-7-4-6-15-5-2-3-8-19(15)16/h2-8,17-18H,9-14H2,1H3,(H,24,25). The van der Waals surface area contributed by atoms with E-state index in [1.165, 1.54) is 16.3 Å². The number of carbonyl (C=O) groups is 2. The Kier molecular flexibility index (Phi) is 5.37. The summed E-state index contributed by atoms with van der Waals surface area (Å²) in [5, 5.41) is 11.5. The maximum Gasteiger partial charge on any atom is 0.306 e. The first-order valence-electron chi connectivity index (χ1n) is 9.00. The van der Waals surface area contributed by atoms with Crippen LogP contribution in [0.4, 0.5) is 0 Å². The lowest BCUT2D eigenvalue weighted by Crippen LogP contribution is -2.37. The van der Waals surface area contributed by atoms with Gasteiger partial charge < -0.3 is 10.0 Å². The van der Waals surface area contributed by atoms with Crippen LogP contribution in [0, 0.1) is 11.8 Å². The number of nitrogens with zero attached hydrogens (tertiary/aromatic N) is 1. The average Bonchev–Trinajstić information content (AvgIpc) is 2.65. The third-order valence-corrected chi connectivity index (χ3v) is 5.40. The number of aliphatic carboxylic acids is 1. The maximum atomic E-state index is 12.6. The minimum Gasteiger partial charge on any atom is -0.481 e. The molecular weight excluding hydrogens is 314 g/mol. The summed E-state index contributed by atoms with van der Waals surface area (Å²) in [5.41, 5.74) is 1.26. The molecule has 0 bridgehead atoms. The molecule has 4 nitrogen and oxygen atoms in total. The van der Waals surface area contributed by atoms with E-state index in [4.69, 9.17) is 5.11 Å². The van der Waals surface area contributed by atoms with Gasteiger partial charge in [0.15, 0.2) is 0 Å². The molecule has 0 aliphatic heterocycles. The van der Waals surface area contributed by atoms with Crippen LogP contribution in [0.5, 0.6) is 0 Å². The van der Waals surface area contributed by atoms with Crippen molar-refractivity contribution in [3.05, 3.63) is 48.0 Å². The Morgan fingerprint density at radius 3 is 2.36 bits per heavy atom. The predicted octanol–water partition coefficient (Wildman–Crippen LogP) is 3.73. The zero-order valence-electron chi connectivity index (χ0n) is 14.6. The zero-order valence-corrected chi connectivity index (χ0v) is 14.6. The lowest BCUT2D eigenvalue weighted by atomic mass is 9.81. The molecule has 132 valence electrons. The number of fused-ring (bicyclic) bond motifs is 1. The second kappa shape index (κ2) is 7.68. The third-order valence-electron chi connectivity index (χ3n) is 5.40. The van der Waals surface area contributed by atoms with E-state index in [9.17, 15) is 9.59 Å². The first kappa shape index (κ1) is 17.5. The molecule has 1 amide bonds. The molecule has 0 radical (unpaired) electrons. The average molecular weight is 339 g/mol. The monoisotopic (exact) mass is 339 g/mol. The van der Waals surface area contributed by atoms with E-state index in [1.54, 1.807) is 0 Å². The van der Waals surface area contributed by atoms with E-state index in [-0.39, 0.29) is 17.7 Å². The topological polar surface area (TPSA) is 57.6 Å². The van der Waals surface area contributed by atoms with Gasteiger partial charge in [0, 0.05) is 19.5 Å². The summed E-state index contributed by atoms with van der Waals surface area (Å²) in [6.07, 6.45) is 3.43. The molecule has 25 heavy (non-hydrogen) atoms. The van der Waals surface area contributed by atoms with E-state index in [0.717, 1.165) is 6.42 Å². The highest BCUT2D eigenvalue weighted by atomic mass is 16.4. The van der Waals surface area contributed by atoms with Gasteiger partial charge in [0.2, 0.25) is 5.91 Å². The predicted molar refractivity (Wildman–Crippen MR) is 98.4 cm³/mol. The van der Waals surface area contributed by atoms with Crippen molar-refractivity contribution >= 4 is 22.6 Å². The van der Waals surface area contributed by atoms with Crippen molar-refractivity contribution in [1.29, 1.82) is 0 Å². The number of likely N-dealkylation sites (N-methyl/N-ethyl adjacent to an activating group) is 1. The number of rotatable bonds is 5. The Morgan fingerprint density at radius 1 is 1.00 bits per heavy atom. The SMILES string of the molecule is CN(CCc1cccc2ccccc12)C(=O)C1CCC(C(=O)O)CC1. The Balaban J connectivity index is 1.58. The molecule has 2 aromatic carbocycles. The van der Waals surface area contributed by atoms with Crippen LogP contribution in [0.3, 0.4) is 0 Å². The van der Waals surface area contributed by atoms with Crippen LogP contribution >= 0.6 is 0 Å². The lowest BCUT2D eigenvalue weighted by Gasteiger charge is -2.29. The Morgan fingerprint density at radius 2 is 1.64 bits per heavy atom. The van der Waals surface area contributed by atoms with Gasteiger partial charge in [-0.2, -0.15) is 0 Å². The van der Waals surface area contributed by atoms with E-state index >= 15 is 0 Å². The molecule has 0 spiro atoms. The van der Waals surface area contributed by atoms with Gasteiger partial charge in [0.05, 0.1) is 5.92 Å². The fourth-order valence-corrected chi connectivity index (χ4v) is 3.81. The number of amides is 1. The molecule has 0 aromatic heterocycles. The minimum absolute atomic E-state index is 0.0203. The smallest absolute Gasteiger partial charge is 0.306 e. The number of carboxylic acids is 1. The molecule has 3 rings (SSSR count). The Hall–Kier alpha value is -2.36. The number of hydrogen-bond acceptors (Lipinski definition) is 2. The molecule has 1 aliphatic carbocycles. The van der Waals surface area contributed by atoms with Crippen LogP contribution < -0.4 is 0 Å². The molecule has 1 fully saturated rings. The van der Waals surface area contributed by atoms with E-state index in [0.29, 0.717) is 32.2 Å². The fraction of sp³-hybridized carbons (Fsp3) is 0.429. The molecule has 0 unspecified atom stereocenters. The molecule has 4 heteroatoms. The van der Waals surface area contributed by atoms with Crippen LogP contribution in [-0.4, -0.2) is 35.5 Å². The summed E-state index contributed by atoms with van der Waals surface area (Å²) < 4.78 is 0. The van der Waals surface area contributed by atoms with Gasteiger partial charge in [-0.3, -0.25) is 9.59 Å². The second-order valence-corrected chi connectivity index (χ2v) is 7.03. The van der Waals surface area contributed by atoms with Crippen molar-refractivity contribution in [1.82, 2.24) is 4.90 Å². The maximum absolute atomic E-state index is 12.6. The van der Waals surface area contributed by atoms with Gasteiger partial charge in [-0.15, -0.1) is 0 Å². The number of benzene rings is 2. The summed E-state index contributed by atoms with van der Waals surface area (Å²) in [7, 11) is 1.86. The van der Waals surface area contributed by atoms with Gasteiger partial charge in [0.1, 0.15) is 0 Å². The number of carbonyl (C=O) groups excluding carboxylic acids is 1. The van der Waals surface area contributed by atoms with Gasteiger partial charge in [-0.1, -0.05) is 42.5 Å². The molecule has 0 heterocycles. The van der Waals surface area contributed by atoms with Gasteiger partial charge in [-0.05, 0) is 48.4 Å². The normalized spacial score (nSPS) is 20.4. The summed E-state index contributed by atoms with van der Waals surface area (Å²) in [4.78, 5) is 25.5. The summed E-state index contributed by atoms with van der Waals surface area (Å²) in [6.45, 7) is 0.686. The lowest BCUT2D eigenvalue weighted by molar-refractivity contribution is -0.145. The zero-order chi connectivity index (χ0) is 17.8. The van der Waals surface area contributed by atoms with Gasteiger partial charge in [0.25, 0.3) is 0 Å². The van der Waals surface area contributed by atoms with Crippen molar-refractivity contribution in [2.75, 3.05) is 13.6 Å². The molecule has 1 aliphatic rings. The Bertz CT molecular complexity index is 757. The van der Waals surface area contributed by atoms with E-state index in [2.05, 4.69) is 30.3 Å². The number of carboxylic acid groups (broad SMARTS) is 1. The third kappa shape index (κ3) is 4.01. The van der Waals surface area contributed by atoms with E-state index in [1.807, 2.05) is 24.1 Å². The highest BCUT2D eigenvalue weighted by Gasteiger charge is 2.31. The highest BCUT2D eigenvalue weighted by Crippen LogP contribution is 2.30. The van der Waals surface area contributed by atoms with Gasteiger partial charge >= 0.3 is 5.97 Å². The van der Waals surface area contributed by atoms with Crippen LogP contribution in [-0.2, 0) is 16.0 Å². The van der Waals surface area contributed by atoms with Crippen LogP contribution in [0.15, 0.2) is 42.5 Å². The summed E-state index contributed by atoms with van der Waals surface area (Å²) >= 11 is 0. The van der Waals surface area contributed by atoms with Crippen LogP contribution in [0.25, 0.3) is 10.8 Å². The van der Waals surface area contributed by atoms with Gasteiger partial charge in [-0.25, -0.2) is 0 Å². The summed E-state index contributed by atoms with van der Waals surface area (Å²) in [5.74, 6) is -0.863. The summed E-state index contributed by atoms with van der Waals surface area (Å²) in [6, 6.07) is 14.6. The molecule has 1 N–H and O–H groups in total. The quantitative estimate of drug-likeness (QED) is 0.903. The number of hydrogen-bond donors (Lipinski definition) is 1. The van der Waals surface area contributed by atoms with Crippen LogP contribution in [0.1, 0.15) is 31.2 Å². The van der Waals surface area contributed by atoms with Crippen molar-refractivity contribution in [2.45, 2.75) is 32.1 Å². The molecule has 0 atom stereocenters. The Labute approximate surface area is 148 Å². The van der Waals surface area contributed by atoms with Crippen molar-refractivity contribution < 1.29 is 14.7 Å². The first-order valence-corrected chi connectivity index (χ1v) is 9.00. The minimum atomic E-state index is -0.727. The molecular formula is C21H25NO3. The van der Waals surface area contributed by atoms with E-state index < -0.39 is 5.97 Å². The van der Waals surface area contributed by atoms with Crippen LogP contribution in [0.2, 0.25) is 0 Å². The van der Waals surface area contributed by atoms with Crippen molar-refractivity contribution in [2.24, 2.45) is 11.8 Å². The van der Waals surface area contributed by atoms with Crippen molar-refractivity contribution in [3.63, 3.8) is 0 Å². The molecule has 0 saturated heterocycles. The first-order chi connectivity index (χ1) is 12.1. The molecule has 1 saturated carbocycles. The van der Waals surface area contributed by atoms with Crippen molar-refractivity contribution in [3.8, 4) is 0 Å².